The summed E-state index contributed by atoms with van der Waals surface area (Å²) in [6, 6.07) is 18.8. The van der Waals surface area contributed by atoms with Gasteiger partial charge in [-0.05, 0) is 97.6 Å². The summed E-state index contributed by atoms with van der Waals surface area (Å²) >= 11 is 10.0. The third-order valence-corrected chi connectivity index (χ3v) is 18.7. The Balaban J connectivity index is 0.703. The summed E-state index contributed by atoms with van der Waals surface area (Å²) in [7, 11) is 0. The Morgan fingerprint density at radius 3 is 2.42 bits per heavy atom. The smallest absolute Gasteiger partial charge is 0.246 e. The van der Waals surface area contributed by atoms with E-state index in [9.17, 15) is 24.3 Å². The number of rotatable bonds is 14. The van der Waals surface area contributed by atoms with Crippen LogP contribution < -0.4 is 31.3 Å². The van der Waals surface area contributed by atoms with Gasteiger partial charge in [-0.3, -0.25) is 19.2 Å². The lowest BCUT2D eigenvalue weighted by Crippen LogP contribution is -2.58. The fourth-order valence-electron chi connectivity index (χ4n) is 11.8. The highest BCUT2D eigenvalue weighted by atomic mass is 35.5. The third kappa shape index (κ3) is 11.4. The van der Waals surface area contributed by atoms with Gasteiger partial charge in [-0.25, -0.2) is 15.0 Å². The molecular weight excluding hydrogens is 1020 g/mol. The summed E-state index contributed by atoms with van der Waals surface area (Å²) in [4.78, 5) is 75.2. The topological polar surface area (TPSA) is 208 Å². The lowest BCUT2D eigenvalue weighted by Gasteiger charge is -2.43. The number of carbonyl (C=O) groups is 4. The molecule has 0 unspecified atom stereocenters. The number of piperidine rings is 1. The molecule has 4 atom stereocenters. The van der Waals surface area contributed by atoms with E-state index in [-0.39, 0.29) is 60.8 Å². The number of amides is 4. The summed E-state index contributed by atoms with van der Waals surface area (Å²) in [5.41, 5.74) is 14.2. The van der Waals surface area contributed by atoms with Crippen LogP contribution in [0.15, 0.2) is 88.5 Å². The van der Waals surface area contributed by atoms with Crippen LogP contribution >= 0.6 is 34.7 Å². The van der Waals surface area contributed by atoms with Crippen molar-refractivity contribution in [1.29, 1.82) is 0 Å². The van der Waals surface area contributed by atoms with Crippen molar-refractivity contribution in [3.63, 3.8) is 0 Å². The zero-order valence-electron chi connectivity index (χ0n) is 43.9. The van der Waals surface area contributed by atoms with E-state index in [2.05, 4.69) is 50.1 Å². The van der Waals surface area contributed by atoms with Crippen LogP contribution in [0.4, 0.5) is 11.5 Å². The highest BCUT2D eigenvalue weighted by Crippen LogP contribution is 2.51. The number of nitrogens with one attached hydrogen (secondary N) is 3. The van der Waals surface area contributed by atoms with Gasteiger partial charge in [-0.2, -0.15) is 0 Å². The minimum absolute atomic E-state index is 0.00867. The summed E-state index contributed by atoms with van der Waals surface area (Å²) in [6.45, 7) is 11.9. The lowest BCUT2D eigenvalue weighted by molar-refractivity contribution is -0.143. The van der Waals surface area contributed by atoms with E-state index in [4.69, 9.17) is 32.0 Å². The molecule has 6 N–H and O–H groups in total. The zero-order chi connectivity index (χ0) is 53.5. The van der Waals surface area contributed by atoms with Gasteiger partial charge in [0.1, 0.15) is 28.7 Å². The number of thiazole rings is 1. The van der Waals surface area contributed by atoms with Crippen molar-refractivity contribution in [3.8, 4) is 16.2 Å². The zero-order valence-corrected chi connectivity index (χ0v) is 46.3. The number of nitrogens with two attached hydrogens (primary N) is 1. The van der Waals surface area contributed by atoms with Crippen LogP contribution in [0.3, 0.4) is 0 Å². The number of carbonyl (C=O) groups excluding carboxylic acids is 4. The van der Waals surface area contributed by atoms with Gasteiger partial charge in [-0.15, -0.1) is 11.3 Å². The van der Waals surface area contributed by atoms with Crippen molar-refractivity contribution in [2.75, 3.05) is 42.9 Å². The molecular formula is C57H69ClN10O6S2. The molecule has 76 heavy (non-hydrogen) atoms. The number of aliphatic hydroxyl groups excluding tert-OH is 1. The molecule has 3 saturated heterocycles. The monoisotopic (exact) mass is 1090 g/mol. The molecule has 5 aromatic rings. The standard InChI is InChI=1S/C57H69ClN10O6S2/c1-33-50(75-32-63-33)36-13-14-38(26-62-53(71)44-24-40(70)31-68(44)55(73)52(56(3,4)5)64-34(2)69)45(23-36)74-41-17-15-35(16-18-41)54(72)67-29-39(30-67)65-43-11-8-12-46(49(43)58)76-48-28-60-47(27-61-48)66-21-19-57(20-22-66)25-37-9-6-7-10-42(37)51(57)59/h6-14,23,27-28,32,35,39-41,44,51-52,65,70H,15-22,24-26,29-31,59H2,1-5H3,(H,62,71)(H,64,69)/t35?,40-,41?,44+,51+,52-/m1/s1. The fraction of sp³-hybridized carbons (Fsp3) is 0.491. The SMILES string of the molecule is CC(=O)N[C@H](C(=O)N1C[C@H](O)C[C@H]1C(=O)NCc1ccc(-c2scnc2C)cc1OC1CCC(C(=O)N2CC(Nc3cccc(Sc4cnc(N5CCC6(CC5)Cc5ccccc5[C@@H]6N)cn4)c3Cl)C2)CC1)C(C)(C)C. The Hall–Kier alpha value is -5.79. The maximum absolute atomic E-state index is 13.9. The number of aromatic nitrogens is 3. The second kappa shape index (κ2) is 22.3. The first kappa shape index (κ1) is 53.6. The third-order valence-electron chi connectivity index (χ3n) is 16.2. The minimum atomic E-state index is -0.912. The van der Waals surface area contributed by atoms with E-state index < -0.39 is 35.4 Å². The first-order chi connectivity index (χ1) is 36.4. The maximum Gasteiger partial charge on any atom is 0.246 e. The molecule has 10 rings (SSSR count). The first-order valence-electron chi connectivity index (χ1n) is 26.6. The number of hydrogen-bond donors (Lipinski definition) is 5. The molecule has 3 aromatic carbocycles. The highest BCUT2D eigenvalue weighted by Gasteiger charge is 2.47. The largest absolute Gasteiger partial charge is 0.490 e. The van der Waals surface area contributed by atoms with Crippen LogP contribution in [0.1, 0.15) is 101 Å². The van der Waals surface area contributed by atoms with Gasteiger partial charge >= 0.3 is 0 Å². The molecule has 0 bridgehead atoms. The van der Waals surface area contributed by atoms with Crippen molar-refractivity contribution in [2.24, 2.45) is 22.5 Å². The number of fused-ring (bicyclic) bond motifs is 1. The van der Waals surface area contributed by atoms with E-state index >= 15 is 0 Å². The lowest BCUT2D eigenvalue weighted by atomic mass is 9.73. The molecule has 5 aliphatic rings. The molecule has 4 amide bonds. The van der Waals surface area contributed by atoms with E-state index in [0.29, 0.717) is 49.5 Å². The molecule has 2 aliphatic carbocycles. The predicted octanol–water partition coefficient (Wildman–Crippen LogP) is 7.95. The maximum atomic E-state index is 13.9. The van der Waals surface area contributed by atoms with Crippen LogP contribution in [-0.2, 0) is 32.1 Å². The van der Waals surface area contributed by atoms with Crippen LogP contribution in [0.5, 0.6) is 5.75 Å². The van der Waals surface area contributed by atoms with Gasteiger partial charge in [0.05, 0.1) is 57.4 Å². The fourth-order valence-corrected chi connectivity index (χ4v) is 13.7. The first-order valence-corrected chi connectivity index (χ1v) is 28.7. The Labute approximate surface area is 458 Å². The van der Waals surface area contributed by atoms with E-state index in [0.717, 1.165) is 75.5 Å². The van der Waals surface area contributed by atoms with Gasteiger partial charge in [0.25, 0.3) is 0 Å². The molecule has 16 nitrogen and oxygen atoms in total. The number of anilines is 2. The number of benzene rings is 3. The predicted molar refractivity (Wildman–Crippen MR) is 296 cm³/mol. The number of aryl methyl sites for hydroxylation is 1. The Kier molecular flexibility index (Phi) is 15.7. The van der Waals surface area contributed by atoms with Crippen LogP contribution in [0.25, 0.3) is 10.4 Å². The average molecular weight is 1090 g/mol. The van der Waals surface area contributed by atoms with Crippen LogP contribution in [-0.4, -0.2) is 117 Å². The molecule has 1 spiro atoms. The van der Waals surface area contributed by atoms with Crippen LogP contribution in [0, 0.1) is 23.7 Å². The number of nitrogens with zero attached hydrogens (tertiary/aromatic N) is 6. The van der Waals surface area contributed by atoms with Gasteiger partial charge in [0, 0.05) is 75.0 Å². The van der Waals surface area contributed by atoms with E-state index in [1.807, 2.05) is 86.9 Å². The van der Waals surface area contributed by atoms with Gasteiger partial charge in [-0.1, -0.05) is 86.6 Å². The normalized spacial score (nSPS) is 22.7. The van der Waals surface area contributed by atoms with Crippen molar-refractivity contribution in [2.45, 2.75) is 139 Å². The van der Waals surface area contributed by atoms with Gasteiger partial charge in [0.2, 0.25) is 23.6 Å². The van der Waals surface area contributed by atoms with Crippen molar-refractivity contribution in [3.05, 3.63) is 106 Å². The summed E-state index contributed by atoms with van der Waals surface area (Å²) in [5, 5.41) is 21.4. The van der Waals surface area contributed by atoms with Crippen LogP contribution in [0.2, 0.25) is 5.02 Å². The molecule has 19 heteroatoms. The van der Waals surface area contributed by atoms with Crippen molar-refractivity contribution >= 4 is 69.8 Å². The Morgan fingerprint density at radius 2 is 1.74 bits per heavy atom. The van der Waals surface area contributed by atoms with E-state index in [1.165, 1.54) is 34.7 Å². The van der Waals surface area contributed by atoms with Crippen molar-refractivity contribution < 1.29 is 29.0 Å². The average Bonchev–Trinajstić information content (AvgIpc) is 4.16. The summed E-state index contributed by atoms with van der Waals surface area (Å²) < 4.78 is 6.76. The van der Waals surface area contributed by atoms with Crippen molar-refractivity contribution in [1.82, 2.24) is 35.4 Å². The number of aliphatic hydroxyl groups is 1. The second-order valence-corrected chi connectivity index (χ2v) is 24.8. The summed E-state index contributed by atoms with van der Waals surface area (Å²) in [5.74, 6) is 0.395. The molecule has 1 saturated carbocycles. The number of ether oxygens (including phenoxy) is 1. The molecule has 3 aliphatic heterocycles. The second-order valence-electron chi connectivity index (χ2n) is 22.5. The highest BCUT2D eigenvalue weighted by molar-refractivity contribution is 7.99. The molecule has 2 aromatic heterocycles. The Bertz CT molecular complexity index is 2950. The van der Waals surface area contributed by atoms with Gasteiger partial charge in [0.15, 0.2) is 0 Å². The minimum Gasteiger partial charge on any atom is -0.490 e. The molecule has 4 fully saturated rings. The molecule has 402 valence electrons. The number of likely N-dealkylation sites (tertiary alicyclic amines) is 2. The number of halogens is 1. The molecule has 5 heterocycles. The van der Waals surface area contributed by atoms with Gasteiger partial charge < -0.3 is 46.2 Å². The number of hydrogen-bond acceptors (Lipinski definition) is 14. The quantitative estimate of drug-likeness (QED) is 0.0717. The molecule has 0 radical (unpaired) electrons. The summed E-state index contributed by atoms with van der Waals surface area (Å²) in [6.07, 6.45) is 8.59. The Morgan fingerprint density at radius 1 is 0.974 bits per heavy atom. The number of β-amino-alcohol motifs (C(OH)–C–C–N with tert-alkyl or cyclic N) is 1. The van der Waals surface area contributed by atoms with E-state index in [1.54, 1.807) is 11.3 Å².